The molecule has 3 fully saturated rings. The standard InChI is InChI=1S/C23H22FN5O/c24-15-7-16(9-26)29(11-15)22(30)10-27-23-19-12-28(13-20(19)23)21-6-5-14(8-25)17-3-1-2-4-18(17)21/h1-6,15-16,19-20,23,27H,7,10-13H2/t15-,16-,19?,20?,23?/m0/s1. The lowest BCUT2D eigenvalue weighted by Crippen LogP contribution is -2.42. The van der Waals surface area contributed by atoms with Crippen LogP contribution in [0, 0.1) is 34.5 Å². The fraction of sp³-hybridized carbons (Fsp3) is 0.435. The van der Waals surface area contributed by atoms with Crippen LogP contribution in [0.1, 0.15) is 12.0 Å². The molecule has 0 radical (unpaired) electrons. The fourth-order valence-corrected chi connectivity index (χ4v) is 5.17. The lowest BCUT2D eigenvalue weighted by atomic mass is 10.0. The lowest BCUT2D eigenvalue weighted by Gasteiger charge is -2.25. The van der Waals surface area contributed by atoms with Gasteiger partial charge in [-0.25, -0.2) is 4.39 Å². The number of amides is 1. The second-order valence-electron chi connectivity index (χ2n) is 8.45. The SMILES string of the molecule is N#Cc1ccc(N2CC3C(C2)C3NCC(=O)N2C[C@@H](F)C[C@H]2C#N)c2ccccc12. The van der Waals surface area contributed by atoms with Crippen LogP contribution in [0.15, 0.2) is 36.4 Å². The molecule has 6 nitrogen and oxygen atoms in total. The number of likely N-dealkylation sites (tertiary alicyclic amines) is 1. The van der Waals surface area contributed by atoms with E-state index < -0.39 is 12.2 Å². The van der Waals surface area contributed by atoms with Gasteiger partial charge in [-0.15, -0.1) is 0 Å². The van der Waals surface area contributed by atoms with Crippen molar-refractivity contribution in [1.29, 1.82) is 10.5 Å². The van der Waals surface area contributed by atoms with Crippen molar-refractivity contribution >= 4 is 22.4 Å². The van der Waals surface area contributed by atoms with Crippen molar-refractivity contribution in [2.45, 2.75) is 24.7 Å². The molecule has 5 rings (SSSR count). The van der Waals surface area contributed by atoms with Crippen molar-refractivity contribution in [2.24, 2.45) is 11.8 Å². The van der Waals surface area contributed by atoms with E-state index in [0.717, 1.165) is 29.5 Å². The summed E-state index contributed by atoms with van der Waals surface area (Å²) >= 11 is 0. The predicted octanol–water partition coefficient (Wildman–Crippen LogP) is 2.20. The molecule has 152 valence electrons. The normalized spacial score (nSPS) is 29.5. The van der Waals surface area contributed by atoms with Gasteiger partial charge < -0.3 is 15.1 Å². The molecule has 2 saturated heterocycles. The van der Waals surface area contributed by atoms with Gasteiger partial charge in [0, 0.05) is 42.0 Å². The number of carbonyl (C=O) groups excluding carboxylic acids is 1. The largest absolute Gasteiger partial charge is 0.370 e. The Bertz CT molecular complexity index is 1080. The topological polar surface area (TPSA) is 83.2 Å². The van der Waals surface area contributed by atoms with E-state index in [1.807, 2.05) is 36.4 Å². The number of hydrogen-bond donors (Lipinski definition) is 1. The molecule has 0 spiro atoms. The minimum absolute atomic E-state index is 0.0236. The van der Waals surface area contributed by atoms with Gasteiger partial charge in [-0.05, 0) is 24.0 Å². The Labute approximate surface area is 174 Å². The molecule has 3 aliphatic rings. The van der Waals surface area contributed by atoms with Gasteiger partial charge in [-0.2, -0.15) is 10.5 Å². The van der Waals surface area contributed by atoms with Gasteiger partial charge in [0.05, 0.1) is 30.8 Å². The van der Waals surface area contributed by atoms with Crippen LogP contribution in [0.2, 0.25) is 0 Å². The molecule has 2 heterocycles. The molecule has 2 aromatic carbocycles. The first kappa shape index (κ1) is 18.8. The Kier molecular flexibility index (Phi) is 4.56. The zero-order valence-electron chi connectivity index (χ0n) is 16.5. The van der Waals surface area contributed by atoms with Crippen molar-refractivity contribution in [3.63, 3.8) is 0 Å². The number of nitrogens with zero attached hydrogens (tertiary/aromatic N) is 4. The molecule has 30 heavy (non-hydrogen) atoms. The molecule has 2 aliphatic heterocycles. The van der Waals surface area contributed by atoms with Crippen LogP contribution in [0.4, 0.5) is 10.1 Å². The summed E-state index contributed by atoms with van der Waals surface area (Å²) in [5.41, 5.74) is 1.83. The summed E-state index contributed by atoms with van der Waals surface area (Å²) in [7, 11) is 0. The van der Waals surface area contributed by atoms with Gasteiger partial charge >= 0.3 is 0 Å². The van der Waals surface area contributed by atoms with E-state index in [9.17, 15) is 14.4 Å². The number of piperidine rings is 1. The van der Waals surface area contributed by atoms with Crippen LogP contribution >= 0.6 is 0 Å². The number of hydrogen-bond acceptors (Lipinski definition) is 5. The van der Waals surface area contributed by atoms with E-state index in [1.54, 1.807) is 0 Å². The number of nitriles is 2. The van der Waals surface area contributed by atoms with Crippen molar-refractivity contribution < 1.29 is 9.18 Å². The summed E-state index contributed by atoms with van der Waals surface area (Å²) in [4.78, 5) is 16.1. The fourth-order valence-electron chi connectivity index (χ4n) is 5.17. The number of nitrogens with one attached hydrogen (secondary N) is 1. The summed E-state index contributed by atoms with van der Waals surface area (Å²) in [5, 5.41) is 23.9. The Morgan fingerprint density at radius 3 is 2.53 bits per heavy atom. The highest BCUT2D eigenvalue weighted by Crippen LogP contribution is 2.47. The number of carbonyl (C=O) groups is 1. The third-order valence-electron chi connectivity index (χ3n) is 6.76. The Morgan fingerprint density at radius 2 is 1.83 bits per heavy atom. The van der Waals surface area contributed by atoms with Gasteiger partial charge in [0.1, 0.15) is 12.2 Å². The molecule has 0 aromatic heterocycles. The maximum absolute atomic E-state index is 13.5. The Balaban J connectivity index is 1.20. The number of rotatable bonds is 4. The number of fused-ring (bicyclic) bond motifs is 2. The van der Waals surface area contributed by atoms with Crippen molar-refractivity contribution in [3.05, 3.63) is 42.0 Å². The molecule has 7 heteroatoms. The van der Waals surface area contributed by atoms with E-state index >= 15 is 0 Å². The van der Waals surface area contributed by atoms with Gasteiger partial charge in [0.25, 0.3) is 0 Å². The summed E-state index contributed by atoms with van der Waals surface area (Å²) in [6.07, 6.45) is -0.987. The maximum Gasteiger partial charge on any atom is 0.237 e. The number of halogens is 1. The molecule has 2 unspecified atom stereocenters. The molecule has 2 aromatic rings. The van der Waals surface area contributed by atoms with Crippen LogP contribution < -0.4 is 10.2 Å². The lowest BCUT2D eigenvalue weighted by molar-refractivity contribution is -0.130. The van der Waals surface area contributed by atoms with Crippen molar-refractivity contribution in [1.82, 2.24) is 10.2 Å². The quantitative estimate of drug-likeness (QED) is 0.846. The van der Waals surface area contributed by atoms with Crippen LogP contribution in [0.3, 0.4) is 0 Å². The summed E-state index contributed by atoms with van der Waals surface area (Å²) in [6, 6.07) is 15.8. The second-order valence-corrected chi connectivity index (χ2v) is 8.45. The third-order valence-corrected chi connectivity index (χ3v) is 6.76. The van der Waals surface area contributed by atoms with E-state index in [-0.39, 0.29) is 25.4 Å². The first-order chi connectivity index (χ1) is 14.6. The molecule has 0 bridgehead atoms. The number of benzene rings is 2. The third kappa shape index (κ3) is 3.07. The molecule has 4 atom stereocenters. The van der Waals surface area contributed by atoms with E-state index in [0.29, 0.717) is 23.4 Å². The summed E-state index contributed by atoms with van der Waals surface area (Å²) < 4.78 is 13.5. The van der Waals surface area contributed by atoms with Crippen LogP contribution in [0.25, 0.3) is 10.8 Å². The van der Waals surface area contributed by atoms with Crippen LogP contribution in [0.5, 0.6) is 0 Å². The summed E-state index contributed by atoms with van der Waals surface area (Å²) in [6.45, 7) is 1.99. The predicted molar refractivity (Wildman–Crippen MR) is 110 cm³/mol. The number of anilines is 1. The Hall–Kier alpha value is -3.16. The van der Waals surface area contributed by atoms with Crippen LogP contribution in [-0.2, 0) is 4.79 Å². The highest BCUT2D eigenvalue weighted by molar-refractivity contribution is 5.98. The first-order valence-electron chi connectivity index (χ1n) is 10.3. The molecule has 1 aliphatic carbocycles. The van der Waals surface area contributed by atoms with Crippen molar-refractivity contribution in [2.75, 3.05) is 31.1 Å². The first-order valence-corrected chi connectivity index (χ1v) is 10.3. The minimum Gasteiger partial charge on any atom is -0.370 e. The number of alkyl halides is 1. The highest BCUT2D eigenvalue weighted by atomic mass is 19.1. The molecular formula is C23H22FN5O. The average Bonchev–Trinajstić information content (AvgIpc) is 3.07. The molecule has 1 N–H and O–H groups in total. The Morgan fingerprint density at radius 1 is 1.10 bits per heavy atom. The monoisotopic (exact) mass is 403 g/mol. The molecular weight excluding hydrogens is 381 g/mol. The molecule has 1 amide bonds. The molecule has 1 saturated carbocycles. The minimum atomic E-state index is -1.10. The van der Waals surface area contributed by atoms with Crippen molar-refractivity contribution in [3.8, 4) is 12.1 Å². The highest BCUT2D eigenvalue weighted by Gasteiger charge is 2.55. The summed E-state index contributed by atoms with van der Waals surface area (Å²) in [5.74, 6) is 0.763. The van der Waals surface area contributed by atoms with Gasteiger partial charge in [-0.3, -0.25) is 4.79 Å². The van der Waals surface area contributed by atoms with E-state index in [1.165, 1.54) is 4.90 Å². The van der Waals surface area contributed by atoms with E-state index in [4.69, 9.17) is 5.26 Å². The van der Waals surface area contributed by atoms with Crippen LogP contribution in [-0.4, -0.2) is 55.2 Å². The van der Waals surface area contributed by atoms with E-state index in [2.05, 4.69) is 22.4 Å². The second kappa shape index (κ2) is 7.27. The van der Waals surface area contributed by atoms with Gasteiger partial charge in [0.15, 0.2) is 0 Å². The smallest absolute Gasteiger partial charge is 0.237 e. The van der Waals surface area contributed by atoms with Gasteiger partial charge in [-0.1, -0.05) is 24.3 Å². The maximum atomic E-state index is 13.5. The zero-order valence-corrected chi connectivity index (χ0v) is 16.5. The average molecular weight is 403 g/mol. The van der Waals surface area contributed by atoms with Gasteiger partial charge in [0.2, 0.25) is 5.91 Å². The zero-order chi connectivity index (χ0) is 20.8.